The molecule has 0 radical (unpaired) electrons. The van der Waals surface area contributed by atoms with Crippen molar-refractivity contribution in [2.45, 2.75) is 0 Å². The fourth-order valence-corrected chi connectivity index (χ4v) is 1.61. The number of aromatic nitrogens is 4. The highest BCUT2D eigenvalue weighted by molar-refractivity contribution is 5.68. The number of anilines is 2. The van der Waals surface area contributed by atoms with Crippen LogP contribution in [0.3, 0.4) is 0 Å². The number of hydrogen-bond donors (Lipinski definition) is 2. The first-order valence-corrected chi connectivity index (χ1v) is 5.51. The molecule has 3 aromatic heterocycles. The summed E-state index contributed by atoms with van der Waals surface area (Å²) in [5.74, 6) is 0.469. The van der Waals surface area contributed by atoms with Gasteiger partial charge in [-0.05, 0) is 24.3 Å². The topological polar surface area (TPSA) is 117 Å². The molecule has 3 aromatic rings. The molecule has 0 aliphatic carbocycles. The van der Waals surface area contributed by atoms with Gasteiger partial charge in [-0.15, -0.1) is 10.2 Å². The van der Waals surface area contributed by atoms with E-state index in [0.29, 0.717) is 22.8 Å². The lowest BCUT2D eigenvalue weighted by molar-refractivity contribution is 0.580. The van der Waals surface area contributed by atoms with Crippen molar-refractivity contribution in [1.29, 1.82) is 0 Å². The van der Waals surface area contributed by atoms with Crippen LogP contribution in [-0.2, 0) is 0 Å². The van der Waals surface area contributed by atoms with Crippen molar-refractivity contribution < 1.29 is 4.42 Å². The maximum Gasteiger partial charge on any atom is 0.268 e. The van der Waals surface area contributed by atoms with Gasteiger partial charge in [-0.25, -0.2) is 9.97 Å². The molecule has 19 heavy (non-hydrogen) atoms. The first-order valence-electron chi connectivity index (χ1n) is 5.51. The minimum atomic E-state index is 0.234. The molecule has 0 aliphatic rings. The second-order valence-corrected chi connectivity index (χ2v) is 3.79. The predicted molar refractivity (Wildman–Crippen MR) is 69.6 cm³/mol. The average molecular weight is 254 g/mol. The van der Waals surface area contributed by atoms with Crippen LogP contribution >= 0.6 is 0 Å². The van der Waals surface area contributed by atoms with Gasteiger partial charge in [0.05, 0.1) is 11.4 Å². The number of pyridine rings is 2. The van der Waals surface area contributed by atoms with Crippen molar-refractivity contribution in [3.05, 3.63) is 36.7 Å². The first-order chi connectivity index (χ1) is 9.25. The zero-order chi connectivity index (χ0) is 13.2. The van der Waals surface area contributed by atoms with Crippen molar-refractivity contribution in [1.82, 2.24) is 20.2 Å². The molecule has 0 aromatic carbocycles. The van der Waals surface area contributed by atoms with E-state index in [4.69, 9.17) is 15.9 Å². The molecule has 3 heterocycles. The molecular formula is C12H10N6O. The number of hydrogen-bond acceptors (Lipinski definition) is 7. The van der Waals surface area contributed by atoms with Gasteiger partial charge in [0.15, 0.2) is 0 Å². The van der Waals surface area contributed by atoms with E-state index in [2.05, 4.69) is 20.2 Å². The summed E-state index contributed by atoms with van der Waals surface area (Å²) >= 11 is 0. The summed E-state index contributed by atoms with van der Waals surface area (Å²) in [4.78, 5) is 8.21. The normalized spacial score (nSPS) is 10.5. The van der Waals surface area contributed by atoms with E-state index < -0.39 is 0 Å². The number of rotatable bonds is 2. The van der Waals surface area contributed by atoms with E-state index in [-0.39, 0.29) is 11.8 Å². The summed E-state index contributed by atoms with van der Waals surface area (Å²) in [6.45, 7) is 0. The second kappa shape index (κ2) is 4.37. The summed E-state index contributed by atoms with van der Waals surface area (Å²) in [6.07, 6.45) is 3.20. The Bertz CT molecular complexity index is 663. The highest BCUT2D eigenvalue weighted by Gasteiger charge is 2.15. The molecule has 94 valence electrons. The Kier molecular flexibility index (Phi) is 2.57. The Balaban J connectivity index is 2.06. The van der Waals surface area contributed by atoms with Crippen LogP contribution in [0.15, 0.2) is 41.1 Å². The lowest BCUT2D eigenvalue weighted by Gasteiger charge is -1.99. The summed E-state index contributed by atoms with van der Waals surface area (Å²) in [5, 5.41) is 7.82. The zero-order valence-corrected chi connectivity index (χ0v) is 9.82. The summed E-state index contributed by atoms with van der Waals surface area (Å²) in [5.41, 5.74) is 13.4. The minimum absolute atomic E-state index is 0.234. The van der Waals surface area contributed by atoms with Crippen LogP contribution in [0.25, 0.3) is 23.2 Å². The summed E-state index contributed by atoms with van der Waals surface area (Å²) in [6, 6.07) is 6.88. The lowest BCUT2D eigenvalue weighted by Crippen LogP contribution is -1.92. The van der Waals surface area contributed by atoms with Gasteiger partial charge < -0.3 is 15.9 Å². The van der Waals surface area contributed by atoms with Gasteiger partial charge >= 0.3 is 0 Å². The maximum atomic E-state index is 5.80. The molecule has 0 fully saturated rings. The maximum absolute atomic E-state index is 5.80. The summed E-state index contributed by atoms with van der Waals surface area (Å²) in [7, 11) is 0. The van der Waals surface area contributed by atoms with Crippen molar-refractivity contribution in [2.24, 2.45) is 0 Å². The van der Waals surface area contributed by atoms with Gasteiger partial charge in [0, 0.05) is 12.4 Å². The predicted octanol–water partition coefficient (Wildman–Crippen LogP) is 1.36. The summed E-state index contributed by atoms with van der Waals surface area (Å²) < 4.78 is 5.51. The van der Waals surface area contributed by atoms with Crippen molar-refractivity contribution in [3.8, 4) is 23.2 Å². The fraction of sp³-hybridized carbons (Fsp3) is 0. The number of nitrogen functional groups attached to an aromatic ring is 2. The van der Waals surface area contributed by atoms with Crippen LogP contribution in [0.4, 0.5) is 11.4 Å². The lowest BCUT2D eigenvalue weighted by atomic mass is 10.3. The number of nitrogens with zero attached hydrogens (tertiary/aromatic N) is 4. The minimum Gasteiger partial charge on any atom is -0.413 e. The molecule has 0 aliphatic heterocycles. The molecule has 3 rings (SSSR count). The van der Waals surface area contributed by atoms with Gasteiger partial charge in [0.25, 0.3) is 11.8 Å². The molecule has 0 saturated heterocycles. The molecular weight excluding hydrogens is 244 g/mol. The van der Waals surface area contributed by atoms with E-state index in [1.54, 1.807) is 36.7 Å². The highest BCUT2D eigenvalue weighted by Crippen LogP contribution is 2.27. The molecule has 0 bridgehead atoms. The van der Waals surface area contributed by atoms with E-state index in [9.17, 15) is 0 Å². The molecule has 0 saturated carbocycles. The quantitative estimate of drug-likeness (QED) is 0.708. The van der Waals surface area contributed by atoms with Crippen LogP contribution in [0.5, 0.6) is 0 Å². The van der Waals surface area contributed by atoms with E-state index >= 15 is 0 Å². The Hall–Kier alpha value is -2.96. The van der Waals surface area contributed by atoms with Crippen molar-refractivity contribution >= 4 is 11.4 Å². The Labute approximate surface area is 108 Å². The van der Waals surface area contributed by atoms with Crippen LogP contribution in [0, 0.1) is 0 Å². The largest absolute Gasteiger partial charge is 0.413 e. The molecule has 0 unspecified atom stereocenters. The van der Waals surface area contributed by atoms with Crippen molar-refractivity contribution in [3.63, 3.8) is 0 Å². The standard InChI is InChI=1S/C12H10N6O/c13-7-3-1-5-15-9(7)11-17-18-12(19-11)10-8(14)4-2-6-16-10/h1-6H,13-14H2. The van der Waals surface area contributed by atoms with Crippen LogP contribution < -0.4 is 11.5 Å². The van der Waals surface area contributed by atoms with Crippen LogP contribution in [0.1, 0.15) is 0 Å². The first kappa shape index (κ1) is 11.1. The molecule has 4 N–H and O–H groups in total. The van der Waals surface area contributed by atoms with Gasteiger partial charge in [-0.2, -0.15) is 0 Å². The monoisotopic (exact) mass is 254 g/mol. The SMILES string of the molecule is Nc1cccnc1-c1nnc(-c2ncccc2N)o1. The van der Waals surface area contributed by atoms with Gasteiger partial charge in [0.1, 0.15) is 11.4 Å². The zero-order valence-electron chi connectivity index (χ0n) is 9.82. The highest BCUT2D eigenvalue weighted by atomic mass is 16.4. The molecule has 0 amide bonds. The van der Waals surface area contributed by atoms with Crippen LogP contribution in [-0.4, -0.2) is 20.2 Å². The average Bonchev–Trinajstić information content (AvgIpc) is 2.89. The molecule has 0 spiro atoms. The second-order valence-electron chi connectivity index (χ2n) is 3.79. The van der Waals surface area contributed by atoms with Gasteiger partial charge in [-0.3, -0.25) is 0 Å². The van der Waals surface area contributed by atoms with Crippen molar-refractivity contribution in [2.75, 3.05) is 11.5 Å². The smallest absolute Gasteiger partial charge is 0.268 e. The third-order valence-electron chi connectivity index (χ3n) is 2.51. The van der Waals surface area contributed by atoms with Crippen LogP contribution in [0.2, 0.25) is 0 Å². The fourth-order valence-electron chi connectivity index (χ4n) is 1.61. The Morgan fingerprint density at radius 3 is 1.68 bits per heavy atom. The molecule has 7 nitrogen and oxygen atoms in total. The van der Waals surface area contributed by atoms with Gasteiger partial charge in [0.2, 0.25) is 0 Å². The molecule has 7 heteroatoms. The third-order valence-corrected chi connectivity index (χ3v) is 2.51. The van der Waals surface area contributed by atoms with E-state index in [1.165, 1.54) is 0 Å². The molecule has 0 atom stereocenters. The Morgan fingerprint density at radius 2 is 1.26 bits per heavy atom. The van der Waals surface area contributed by atoms with Gasteiger partial charge in [-0.1, -0.05) is 0 Å². The number of nitrogens with two attached hydrogens (primary N) is 2. The third kappa shape index (κ3) is 1.97. The van der Waals surface area contributed by atoms with E-state index in [1.807, 2.05) is 0 Å². The van der Waals surface area contributed by atoms with E-state index in [0.717, 1.165) is 0 Å². The Morgan fingerprint density at radius 1 is 0.789 bits per heavy atom.